The molecule has 0 saturated heterocycles. The van der Waals surface area contributed by atoms with Gasteiger partial charge in [0.25, 0.3) is 0 Å². The average Bonchev–Trinajstić information content (AvgIpc) is 2.52. The van der Waals surface area contributed by atoms with E-state index in [1.54, 1.807) is 24.4 Å². The van der Waals surface area contributed by atoms with Crippen LogP contribution in [0, 0.1) is 0 Å². The highest BCUT2D eigenvalue weighted by atomic mass is 16.5. The number of aromatic carboxylic acids is 1. The van der Waals surface area contributed by atoms with E-state index in [1.807, 2.05) is 25.1 Å². The molecule has 0 amide bonds. The largest absolute Gasteiger partial charge is 0.491 e. The lowest BCUT2D eigenvalue weighted by atomic mass is 10.2. The Hall–Kier alpha value is -2.40. The highest BCUT2D eigenvalue weighted by Crippen LogP contribution is 2.17. The van der Waals surface area contributed by atoms with Crippen molar-refractivity contribution < 1.29 is 14.6 Å². The molecular weight excluding hydrogens is 268 g/mol. The van der Waals surface area contributed by atoms with Crippen LogP contribution in [0.25, 0.3) is 0 Å². The van der Waals surface area contributed by atoms with E-state index in [4.69, 9.17) is 9.84 Å². The van der Waals surface area contributed by atoms with Gasteiger partial charge in [-0.15, -0.1) is 0 Å². The van der Waals surface area contributed by atoms with Gasteiger partial charge in [-0.25, -0.2) is 4.79 Å². The molecule has 21 heavy (non-hydrogen) atoms. The summed E-state index contributed by atoms with van der Waals surface area (Å²) in [5.74, 6) is -0.599. The van der Waals surface area contributed by atoms with Gasteiger partial charge in [-0.05, 0) is 31.2 Å². The maximum atomic E-state index is 11.0. The highest BCUT2D eigenvalue weighted by molar-refractivity contribution is 5.90. The molecule has 2 rings (SSSR count). The van der Waals surface area contributed by atoms with E-state index in [0.29, 0.717) is 18.9 Å². The molecule has 2 aromatic rings. The third kappa shape index (κ3) is 4.29. The van der Waals surface area contributed by atoms with Gasteiger partial charge in [0, 0.05) is 18.8 Å². The monoisotopic (exact) mass is 286 g/mol. The minimum Gasteiger partial charge on any atom is -0.491 e. The number of carbonyl (C=O) groups is 1. The summed E-state index contributed by atoms with van der Waals surface area (Å²) in [5.41, 5.74) is 1.14. The Morgan fingerprint density at radius 1 is 1.29 bits per heavy atom. The van der Waals surface area contributed by atoms with Crippen LogP contribution in [0.2, 0.25) is 0 Å². The number of para-hydroxylation sites is 1. The van der Waals surface area contributed by atoms with Crippen LogP contribution in [0.3, 0.4) is 0 Å². The lowest BCUT2D eigenvalue weighted by Gasteiger charge is -2.14. The number of carboxylic acid groups (broad SMARTS) is 1. The van der Waals surface area contributed by atoms with Crippen LogP contribution in [0.1, 0.15) is 29.0 Å². The summed E-state index contributed by atoms with van der Waals surface area (Å²) >= 11 is 0. The van der Waals surface area contributed by atoms with Gasteiger partial charge in [-0.3, -0.25) is 4.98 Å². The minimum atomic E-state index is -0.986. The van der Waals surface area contributed by atoms with Crippen LogP contribution in [-0.4, -0.2) is 29.2 Å². The first kappa shape index (κ1) is 15.0. The molecule has 0 spiro atoms. The molecule has 2 N–H and O–H groups in total. The first-order chi connectivity index (χ1) is 10.2. The quantitative estimate of drug-likeness (QED) is 0.765. The molecule has 0 aliphatic heterocycles. The lowest BCUT2D eigenvalue weighted by Crippen LogP contribution is -2.25. The molecule has 0 saturated carbocycles. The fraction of sp³-hybridized carbons (Fsp3) is 0.250. The molecule has 0 unspecified atom stereocenters. The highest BCUT2D eigenvalue weighted by Gasteiger charge is 2.10. The Labute approximate surface area is 123 Å². The third-order valence-electron chi connectivity index (χ3n) is 3.06. The van der Waals surface area contributed by atoms with Crippen molar-refractivity contribution in [3.8, 4) is 5.75 Å². The van der Waals surface area contributed by atoms with E-state index in [9.17, 15) is 4.79 Å². The van der Waals surface area contributed by atoms with Gasteiger partial charge in [0.2, 0.25) is 0 Å². The van der Waals surface area contributed by atoms with Crippen molar-refractivity contribution in [2.24, 2.45) is 0 Å². The molecule has 5 heteroatoms. The van der Waals surface area contributed by atoms with Gasteiger partial charge in [0.05, 0.1) is 5.69 Å². The molecule has 1 atom stereocenters. The van der Waals surface area contributed by atoms with Gasteiger partial charge in [0.1, 0.15) is 17.9 Å². The number of carboxylic acids is 1. The molecule has 1 heterocycles. The number of ether oxygens (including phenoxy) is 1. The van der Waals surface area contributed by atoms with Crippen LogP contribution in [0.15, 0.2) is 48.7 Å². The second kappa shape index (κ2) is 7.40. The summed E-state index contributed by atoms with van der Waals surface area (Å²) in [6.07, 6.45) is 1.76. The molecule has 1 aromatic carbocycles. The smallest absolute Gasteiger partial charge is 0.339 e. The standard InChI is InChI=1S/C16H18N2O3/c1-12(14-7-4-5-9-18-14)17-10-11-21-15-8-3-2-6-13(15)16(19)20/h2-9,12,17H,10-11H2,1H3,(H,19,20)/t12-/m1/s1. The summed E-state index contributed by atoms with van der Waals surface area (Å²) in [7, 11) is 0. The number of hydrogen-bond acceptors (Lipinski definition) is 4. The van der Waals surface area contributed by atoms with Gasteiger partial charge < -0.3 is 15.2 Å². The van der Waals surface area contributed by atoms with E-state index in [-0.39, 0.29) is 11.6 Å². The molecule has 1 aromatic heterocycles. The van der Waals surface area contributed by atoms with Gasteiger partial charge in [-0.2, -0.15) is 0 Å². The van der Waals surface area contributed by atoms with Gasteiger partial charge in [0.15, 0.2) is 0 Å². The summed E-state index contributed by atoms with van der Waals surface area (Å²) < 4.78 is 5.52. The molecule has 0 fully saturated rings. The van der Waals surface area contributed by atoms with Crippen LogP contribution >= 0.6 is 0 Å². The number of nitrogens with one attached hydrogen (secondary N) is 1. The van der Waals surface area contributed by atoms with Gasteiger partial charge in [-0.1, -0.05) is 18.2 Å². The fourth-order valence-electron chi connectivity index (χ4n) is 1.94. The normalized spacial score (nSPS) is 11.9. The predicted octanol–water partition coefficient (Wildman–Crippen LogP) is 2.51. The van der Waals surface area contributed by atoms with E-state index >= 15 is 0 Å². The first-order valence-corrected chi connectivity index (χ1v) is 6.78. The minimum absolute atomic E-state index is 0.115. The Kier molecular flexibility index (Phi) is 5.29. The van der Waals surface area contributed by atoms with Crippen molar-refractivity contribution in [1.82, 2.24) is 10.3 Å². The van der Waals surface area contributed by atoms with E-state index in [2.05, 4.69) is 10.3 Å². The number of aromatic nitrogens is 1. The maximum Gasteiger partial charge on any atom is 0.339 e. The predicted molar refractivity (Wildman–Crippen MR) is 79.6 cm³/mol. The topological polar surface area (TPSA) is 71.5 Å². The number of hydrogen-bond donors (Lipinski definition) is 2. The van der Waals surface area contributed by atoms with Crippen molar-refractivity contribution in [3.63, 3.8) is 0 Å². The number of benzene rings is 1. The second-order valence-corrected chi connectivity index (χ2v) is 4.58. The van der Waals surface area contributed by atoms with E-state index in [1.165, 1.54) is 6.07 Å². The zero-order valence-electron chi connectivity index (χ0n) is 11.8. The van der Waals surface area contributed by atoms with Crippen molar-refractivity contribution >= 4 is 5.97 Å². The third-order valence-corrected chi connectivity index (χ3v) is 3.06. The second-order valence-electron chi connectivity index (χ2n) is 4.58. The van der Waals surface area contributed by atoms with Crippen LogP contribution in [0.4, 0.5) is 0 Å². The van der Waals surface area contributed by atoms with Gasteiger partial charge >= 0.3 is 5.97 Å². The van der Waals surface area contributed by atoms with Crippen molar-refractivity contribution in [2.45, 2.75) is 13.0 Å². The summed E-state index contributed by atoms with van der Waals surface area (Å²) in [5, 5.41) is 12.3. The summed E-state index contributed by atoms with van der Waals surface area (Å²) in [6, 6.07) is 12.5. The molecular formula is C16H18N2O3. The Morgan fingerprint density at radius 2 is 2.05 bits per heavy atom. The maximum absolute atomic E-state index is 11.0. The molecule has 0 aliphatic carbocycles. The Bertz CT molecular complexity index is 587. The van der Waals surface area contributed by atoms with E-state index in [0.717, 1.165) is 5.69 Å². The van der Waals surface area contributed by atoms with Crippen molar-refractivity contribution in [1.29, 1.82) is 0 Å². The van der Waals surface area contributed by atoms with Crippen molar-refractivity contribution in [2.75, 3.05) is 13.2 Å². The summed E-state index contributed by atoms with van der Waals surface area (Å²) in [4.78, 5) is 15.3. The van der Waals surface area contributed by atoms with Crippen LogP contribution < -0.4 is 10.1 Å². The van der Waals surface area contributed by atoms with Crippen molar-refractivity contribution in [3.05, 3.63) is 59.9 Å². The first-order valence-electron chi connectivity index (χ1n) is 6.78. The average molecular weight is 286 g/mol. The number of pyridine rings is 1. The molecule has 5 nitrogen and oxygen atoms in total. The molecule has 0 aliphatic rings. The summed E-state index contributed by atoms with van der Waals surface area (Å²) in [6.45, 7) is 3.01. The molecule has 0 radical (unpaired) electrons. The lowest BCUT2D eigenvalue weighted by molar-refractivity contribution is 0.0692. The van der Waals surface area contributed by atoms with Crippen LogP contribution in [0.5, 0.6) is 5.75 Å². The molecule has 0 bridgehead atoms. The Morgan fingerprint density at radius 3 is 2.76 bits per heavy atom. The van der Waals surface area contributed by atoms with Crippen LogP contribution in [-0.2, 0) is 0 Å². The zero-order chi connectivity index (χ0) is 15.1. The molecule has 110 valence electrons. The zero-order valence-corrected chi connectivity index (χ0v) is 11.8. The number of nitrogens with zero attached hydrogens (tertiary/aromatic N) is 1. The fourth-order valence-corrected chi connectivity index (χ4v) is 1.94. The van der Waals surface area contributed by atoms with E-state index < -0.39 is 5.97 Å². The Balaban J connectivity index is 1.81. The SMILES string of the molecule is C[C@@H](NCCOc1ccccc1C(=O)O)c1ccccn1. The number of rotatable bonds is 7.